The van der Waals surface area contributed by atoms with Gasteiger partial charge in [0.05, 0.1) is 0 Å². The van der Waals surface area contributed by atoms with Gasteiger partial charge in [-0.2, -0.15) is 0 Å². The van der Waals surface area contributed by atoms with Crippen LogP contribution in [-0.2, 0) is 0 Å². The van der Waals surface area contributed by atoms with Crippen LogP contribution in [-0.4, -0.2) is 47.2 Å². The molecule has 1 fully saturated rings. The predicted molar refractivity (Wildman–Crippen MR) is 117 cm³/mol. The van der Waals surface area contributed by atoms with E-state index in [-0.39, 0.29) is 5.91 Å². The van der Waals surface area contributed by atoms with Crippen LogP contribution in [0.1, 0.15) is 35.7 Å². The number of aromatic nitrogens is 2. The number of benzene rings is 2. The fraction of sp³-hybridized carbons (Fsp3) is 0.375. The van der Waals surface area contributed by atoms with Crippen molar-refractivity contribution in [2.45, 2.75) is 26.7 Å². The molecule has 1 amide bonds. The van der Waals surface area contributed by atoms with Gasteiger partial charge in [0.25, 0.3) is 5.91 Å². The fourth-order valence-corrected chi connectivity index (χ4v) is 3.87. The Labute approximate surface area is 177 Å². The molecule has 2 aromatic carbocycles. The Morgan fingerprint density at radius 2 is 1.77 bits per heavy atom. The molecule has 0 bridgehead atoms. The molecule has 4 rings (SSSR count). The van der Waals surface area contributed by atoms with Gasteiger partial charge in [-0.15, -0.1) is 10.2 Å². The quantitative estimate of drug-likeness (QED) is 0.640. The summed E-state index contributed by atoms with van der Waals surface area (Å²) >= 11 is 0. The molecular weight excluding hydrogens is 376 g/mol. The van der Waals surface area contributed by atoms with Crippen molar-refractivity contribution in [3.63, 3.8) is 0 Å². The summed E-state index contributed by atoms with van der Waals surface area (Å²) in [6.45, 7) is 8.28. The number of hydrogen-bond donors (Lipinski definition) is 1. The van der Waals surface area contributed by atoms with Gasteiger partial charge in [0.2, 0.25) is 11.8 Å². The van der Waals surface area contributed by atoms with E-state index in [4.69, 9.17) is 4.42 Å². The van der Waals surface area contributed by atoms with Gasteiger partial charge < -0.3 is 14.6 Å². The van der Waals surface area contributed by atoms with Crippen LogP contribution < -0.4 is 5.32 Å². The van der Waals surface area contributed by atoms with E-state index >= 15 is 0 Å². The number of likely N-dealkylation sites (tertiary alicyclic amines) is 1. The van der Waals surface area contributed by atoms with E-state index in [1.165, 1.54) is 25.9 Å². The summed E-state index contributed by atoms with van der Waals surface area (Å²) < 4.78 is 5.85. The highest BCUT2D eigenvalue weighted by molar-refractivity contribution is 5.94. The van der Waals surface area contributed by atoms with Gasteiger partial charge in [0, 0.05) is 29.8 Å². The number of hydrogen-bond acceptors (Lipinski definition) is 5. The number of nitrogens with zero attached hydrogens (tertiary/aromatic N) is 3. The molecule has 0 aliphatic carbocycles. The van der Waals surface area contributed by atoms with Crippen LogP contribution in [0.2, 0.25) is 0 Å². The highest BCUT2D eigenvalue weighted by atomic mass is 16.4. The lowest BCUT2D eigenvalue weighted by Gasteiger charge is -2.20. The van der Waals surface area contributed by atoms with Crippen molar-refractivity contribution >= 4 is 5.91 Å². The highest BCUT2D eigenvalue weighted by Gasteiger charge is 2.16. The van der Waals surface area contributed by atoms with E-state index in [2.05, 4.69) is 27.3 Å². The molecular formula is C24H28N4O2. The van der Waals surface area contributed by atoms with Crippen LogP contribution in [0.3, 0.4) is 0 Å². The molecule has 1 unspecified atom stereocenters. The van der Waals surface area contributed by atoms with E-state index < -0.39 is 0 Å². The van der Waals surface area contributed by atoms with E-state index in [1.807, 2.05) is 43.3 Å². The number of amides is 1. The zero-order chi connectivity index (χ0) is 20.9. The predicted octanol–water partition coefficient (Wildman–Crippen LogP) is 4.17. The Hall–Kier alpha value is -2.99. The van der Waals surface area contributed by atoms with Crippen LogP contribution in [0, 0.1) is 12.8 Å². The number of carbonyl (C=O) groups excluding carboxylic acids is 1. The first-order chi connectivity index (χ1) is 14.6. The Balaban J connectivity index is 1.36. The van der Waals surface area contributed by atoms with Gasteiger partial charge in [-0.3, -0.25) is 4.79 Å². The zero-order valence-corrected chi connectivity index (χ0v) is 17.6. The third kappa shape index (κ3) is 4.76. The van der Waals surface area contributed by atoms with E-state index in [9.17, 15) is 4.79 Å². The summed E-state index contributed by atoms with van der Waals surface area (Å²) in [6.07, 6.45) is 2.58. The van der Waals surface area contributed by atoms with Crippen molar-refractivity contribution in [3.05, 3.63) is 59.7 Å². The molecule has 3 aromatic rings. The van der Waals surface area contributed by atoms with Gasteiger partial charge in [0.15, 0.2) is 0 Å². The monoisotopic (exact) mass is 404 g/mol. The third-order valence-electron chi connectivity index (χ3n) is 5.57. The largest absolute Gasteiger partial charge is 0.416 e. The van der Waals surface area contributed by atoms with Crippen molar-refractivity contribution in [1.82, 2.24) is 20.4 Å². The van der Waals surface area contributed by atoms with Crippen molar-refractivity contribution in [2.75, 3.05) is 26.2 Å². The number of aryl methyl sites for hydroxylation is 1. The Bertz CT molecular complexity index is 990. The molecule has 1 N–H and O–H groups in total. The molecule has 2 heterocycles. The van der Waals surface area contributed by atoms with E-state index in [0.29, 0.717) is 29.8 Å². The smallest absolute Gasteiger partial charge is 0.251 e. The molecule has 0 radical (unpaired) electrons. The second-order valence-corrected chi connectivity index (χ2v) is 8.13. The molecule has 0 saturated carbocycles. The topological polar surface area (TPSA) is 71.3 Å². The molecule has 6 heteroatoms. The summed E-state index contributed by atoms with van der Waals surface area (Å²) in [5, 5.41) is 11.4. The number of nitrogens with one attached hydrogen (secondary N) is 1. The molecule has 6 nitrogen and oxygen atoms in total. The lowest BCUT2D eigenvalue weighted by atomic mass is 10.1. The standard InChI is InChI=1S/C24H28N4O2/c1-17(16-28-13-5-6-14-28)15-25-22(29)19-9-11-20(12-10-19)23-26-27-24(30-23)21-8-4-3-7-18(21)2/h3-4,7-12,17H,5-6,13-16H2,1-2H3,(H,25,29). The average molecular weight is 405 g/mol. The maximum atomic E-state index is 12.5. The summed E-state index contributed by atoms with van der Waals surface area (Å²) in [6, 6.07) is 15.2. The van der Waals surface area contributed by atoms with Crippen molar-refractivity contribution in [2.24, 2.45) is 5.92 Å². The zero-order valence-electron chi connectivity index (χ0n) is 17.6. The summed E-state index contributed by atoms with van der Waals surface area (Å²) in [5.74, 6) is 1.32. The molecule has 30 heavy (non-hydrogen) atoms. The maximum absolute atomic E-state index is 12.5. The normalized spacial score (nSPS) is 15.3. The lowest BCUT2D eigenvalue weighted by molar-refractivity contribution is 0.0945. The molecule has 1 aromatic heterocycles. The third-order valence-corrected chi connectivity index (χ3v) is 5.57. The summed E-state index contributed by atoms with van der Waals surface area (Å²) in [4.78, 5) is 15.0. The van der Waals surface area contributed by atoms with E-state index in [0.717, 1.165) is 23.2 Å². The second kappa shape index (κ2) is 9.22. The van der Waals surface area contributed by atoms with Crippen molar-refractivity contribution < 1.29 is 9.21 Å². The second-order valence-electron chi connectivity index (χ2n) is 8.13. The summed E-state index contributed by atoms with van der Waals surface area (Å²) in [7, 11) is 0. The van der Waals surface area contributed by atoms with Crippen LogP contribution in [0.5, 0.6) is 0 Å². The summed E-state index contributed by atoms with van der Waals surface area (Å²) in [5.41, 5.74) is 3.43. The Morgan fingerprint density at radius 3 is 2.50 bits per heavy atom. The minimum Gasteiger partial charge on any atom is -0.416 e. The molecule has 1 saturated heterocycles. The van der Waals surface area contributed by atoms with Crippen LogP contribution >= 0.6 is 0 Å². The molecule has 1 aliphatic rings. The first-order valence-corrected chi connectivity index (χ1v) is 10.6. The van der Waals surface area contributed by atoms with Crippen LogP contribution in [0.25, 0.3) is 22.9 Å². The molecule has 156 valence electrons. The van der Waals surface area contributed by atoms with E-state index in [1.54, 1.807) is 12.1 Å². The minimum absolute atomic E-state index is 0.0547. The van der Waals surface area contributed by atoms with Gasteiger partial charge in [-0.25, -0.2) is 0 Å². The SMILES string of the molecule is Cc1ccccc1-c1nnc(-c2ccc(C(=O)NCC(C)CN3CCCC3)cc2)o1. The Morgan fingerprint density at radius 1 is 1.07 bits per heavy atom. The highest BCUT2D eigenvalue weighted by Crippen LogP contribution is 2.26. The number of rotatable bonds is 7. The molecule has 1 aliphatic heterocycles. The van der Waals surface area contributed by atoms with Gasteiger partial charge in [-0.1, -0.05) is 25.1 Å². The first-order valence-electron chi connectivity index (χ1n) is 10.6. The lowest BCUT2D eigenvalue weighted by Crippen LogP contribution is -2.34. The van der Waals surface area contributed by atoms with Crippen LogP contribution in [0.4, 0.5) is 0 Å². The minimum atomic E-state index is -0.0547. The van der Waals surface area contributed by atoms with Crippen molar-refractivity contribution in [1.29, 1.82) is 0 Å². The molecule has 1 atom stereocenters. The van der Waals surface area contributed by atoms with Crippen LogP contribution in [0.15, 0.2) is 52.9 Å². The first kappa shape index (κ1) is 20.3. The number of carbonyl (C=O) groups is 1. The molecule has 0 spiro atoms. The van der Waals surface area contributed by atoms with Gasteiger partial charge >= 0.3 is 0 Å². The fourth-order valence-electron chi connectivity index (χ4n) is 3.87. The Kier molecular flexibility index (Phi) is 6.23. The van der Waals surface area contributed by atoms with Gasteiger partial charge in [-0.05, 0) is 74.7 Å². The maximum Gasteiger partial charge on any atom is 0.251 e. The average Bonchev–Trinajstić information content (AvgIpc) is 3.45. The van der Waals surface area contributed by atoms with Crippen molar-refractivity contribution in [3.8, 4) is 22.9 Å². The van der Waals surface area contributed by atoms with Gasteiger partial charge in [0.1, 0.15) is 0 Å².